The summed E-state index contributed by atoms with van der Waals surface area (Å²) in [7, 11) is 0. The highest BCUT2D eigenvalue weighted by molar-refractivity contribution is 6.33. The van der Waals surface area contributed by atoms with Crippen LogP contribution in [-0.2, 0) is 4.79 Å². The second-order valence-corrected chi connectivity index (χ2v) is 4.92. The van der Waals surface area contributed by atoms with E-state index in [0.29, 0.717) is 30.4 Å². The van der Waals surface area contributed by atoms with Crippen molar-refractivity contribution < 1.29 is 4.79 Å². The highest BCUT2D eigenvalue weighted by atomic mass is 35.5. The Morgan fingerprint density at radius 1 is 1.35 bits per heavy atom. The number of halogens is 2. The molecule has 1 amide bonds. The number of anilines is 1. The summed E-state index contributed by atoms with van der Waals surface area (Å²) in [5.41, 5.74) is 0. The van der Waals surface area contributed by atoms with Crippen molar-refractivity contribution in [3.63, 3.8) is 0 Å². The molecule has 0 unspecified atom stereocenters. The predicted molar refractivity (Wildman–Crippen MR) is 79.8 cm³/mol. The van der Waals surface area contributed by atoms with Gasteiger partial charge in [0.2, 0.25) is 11.2 Å². The van der Waals surface area contributed by atoms with Gasteiger partial charge in [0.25, 0.3) is 0 Å². The molecule has 2 rings (SSSR count). The van der Waals surface area contributed by atoms with Crippen LogP contribution in [0.5, 0.6) is 0 Å². The van der Waals surface area contributed by atoms with Crippen LogP contribution in [-0.4, -0.2) is 33.9 Å². The van der Waals surface area contributed by atoms with Crippen LogP contribution in [0.15, 0.2) is 30.6 Å². The number of carbonyl (C=O) groups is 1. The summed E-state index contributed by atoms with van der Waals surface area (Å²) in [4.78, 5) is 21.2. The number of rotatable bonds is 5. The SMILES string of the molecule is O=C1CC=CC=CN1CCCNc1nc(Cl)ncc1Cl. The number of hydrogen-bond donors (Lipinski definition) is 1. The second kappa shape index (κ2) is 7.26. The van der Waals surface area contributed by atoms with E-state index in [1.165, 1.54) is 6.20 Å². The van der Waals surface area contributed by atoms with Gasteiger partial charge in [0.1, 0.15) is 10.8 Å². The van der Waals surface area contributed by atoms with Crippen molar-refractivity contribution in [3.05, 3.63) is 40.9 Å². The average Bonchev–Trinajstić information content (AvgIpc) is 2.63. The van der Waals surface area contributed by atoms with E-state index in [1.54, 1.807) is 11.1 Å². The first-order valence-corrected chi connectivity index (χ1v) is 6.97. The van der Waals surface area contributed by atoms with Gasteiger partial charge in [-0.25, -0.2) is 4.98 Å². The lowest BCUT2D eigenvalue weighted by Crippen LogP contribution is -2.26. The minimum Gasteiger partial charge on any atom is -0.369 e. The monoisotopic (exact) mass is 312 g/mol. The van der Waals surface area contributed by atoms with Gasteiger partial charge in [0.15, 0.2) is 0 Å². The number of hydrogen-bond acceptors (Lipinski definition) is 4. The molecule has 7 heteroatoms. The van der Waals surface area contributed by atoms with E-state index in [-0.39, 0.29) is 11.2 Å². The van der Waals surface area contributed by atoms with Crippen LogP contribution < -0.4 is 5.32 Å². The van der Waals surface area contributed by atoms with E-state index in [9.17, 15) is 4.79 Å². The van der Waals surface area contributed by atoms with Gasteiger partial charge in [-0.1, -0.05) is 23.8 Å². The molecule has 0 saturated heterocycles. The smallest absolute Gasteiger partial charge is 0.230 e. The van der Waals surface area contributed by atoms with Gasteiger partial charge in [-0.2, -0.15) is 4.98 Å². The number of allylic oxidation sites excluding steroid dienone is 2. The van der Waals surface area contributed by atoms with Gasteiger partial charge in [0, 0.05) is 25.7 Å². The fourth-order valence-corrected chi connectivity index (χ4v) is 2.02. The Hall–Kier alpha value is -1.59. The van der Waals surface area contributed by atoms with E-state index in [0.717, 1.165) is 6.42 Å². The molecular formula is C13H14Cl2N4O. The predicted octanol–water partition coefficient (Wildman–Crippen LogP) is 2.89. The van der Waals surface area contributed by atoms with Crippen molar-refractivity contribution in [3.8, 4) is 0 Å². The summed E-state index contributed by atoms with van der Waals surface area (Å²) in [6, 6.07) is 0. The van der Waals surface area contributed by atoms with Crippen LogP contribution in [0.4, 0.5) is 5.82 Å². The number of aromatic nitrogens is 2. The molecule has 106 valence electrons. The summed E-state index contributed by atoms with van der Waals surface area (Å²) < 4.78 is 0. The van der Waals surface area contributed by atoms with Crippen LogP contribution >= 0.6 is 23.2 Å². The third-order valence-corrected chi connectivity index (χ3v) is 3.17. The lowest BCUT2D eigenvalue weighted by Gasteiger charge is -2.17. The zero-order valence-corrected chi connectivity index (χ0v) is 12.2. The Bertz CT molecular complexity index is 545. The molecule has 1 aliphatic heterocycles. The molecule has 0 atom stereocenters. The van der Waals surface area contributed by atoms with Crippen LogP contribution in [0.25, 0.3) is 0 Å². The van der Waals surface area contributed by atoms with Gasteiger partial charge in [-0.3, -0.25) is 4.79 Å². The van der Waals surface area contributed by atoms with Gasteiger partial charge < -0.3 is 10.2 Å². The standard InChI is InChI=1S/C13H14Cl2N4O/c14-10-9-17-13(15)18-12(10)16-6-4-8-19-7-3-1-2-5-11(19)20/h1-3,7,9H,4-6,8H2,(H,16,17,18). The second-order valence-electron chi connectivity index (χ2n) is 4.18. The minimum atomic E-state index is 0.0955. The maximum atomic E-state index is 11.7. The Morgan fingerprint density at radius 3 is 3.05 bits per heavy atom. The molecule has 0 bridgehead atoms. The summed E-state index contributed by atoms with van der Waals surface area (Å²) >= 11 is 11.6. The maximum absolute atomic E-state index is 11.7. The summed E-state index contributed by atoms with van der Waals surface area (Å²) in [6.45, 7) is 1.28. The normalized spacial score (nSPS) is 14.5. The van der Waals surface area contributed by atoms with Crippen molar-refractivity contribution in [2.24, 2.45) is 0 Å². The zero-order chi connectivity index (χ0) is 14.4. The molecule has 5 nitrogen and oxygen atoms in total. The third-order valence-electron chi connectivity index (χ3n) is 2.71. The fourth-order valence-electron chi connectivity index (χ4n) is 1.73. The third kappa shape index (κ3) is 4.21. The van der Waals surface area contributed by atoms with Crippen LogP contribution in [0, 0.1) is 0 Å². The number of nitrogens with zero attached hydrogens (tertiary/aromatic N) is 3. The number of amides is 1. The number of nitrogens with one attached hydrogen (secondary N) is 1. The molecular weight excluding hydrogens is 299 g/mol. The van der Waals surface area contributed by atoms with Crippen molar-refractivity contribution in [2.75, 3.05) is 18.4 Å². The molecule has 0 aromatic carbocycles. The molecule has 1 N–H and O–H groups in total. The minimum absolute atomic E-state index is 0.0955. The van der Waals surface area contributed by atoms with E-state index in [4.69, 9.17) is 23.2 Å². The Balaban J connectivity index is 1.79. The quantitative estimate of drug-likeness (QED) is 0.671. The molecule has 20 heavy (non-hydrogen) atoms. The highest BCUT2D eigenvalue weighted by Crippen LogP contribution is 2.19. The molecule has 0 fully saturated rings. The average molecular weight is 313 g/mol. The van der Waals surface area contributed by atoms with E-state index in [2.05, 4.69) is 15.3 Å². The molecule has 0 radical (unpaired) electrons. The van der Waals surface area contributed by atoms with Crippen LogP contribution in [0.2, 0.25) is 10.3 Å². The summed E-state index contributed by atoms with van der Waals surface area (Å²) in [5, 5.41) is 3.65. The molecule has 1 aliphatic rings. The largest absolute Gasteiger partial charge is 0.369 e. The van der Waals surface area contributed by atoms with Gasteiger partial charge in [0.05, 0.1) is 6.20 Å². The topological polar surface area (TPSA) is 58.1 Å². The Kier molecular flexibility index (Phi) is 5.38. The number of carbonyl (C=O) groups excluding carboxylic acids is 1. The molecule has 0 spiro atoms. The van der Waals surface area contributed by atoms with Crippen LogP contribution in [0.3, 0.4) is 0 Å². The Morgan fingerprint density at radius 2 is 2.20 bits per heavy atom. The molecule has 1 aromatic heterocycles. The van der Waals surface area contributed by atoms with Gasteiger partial charge in [-0.05, 0) is 24.1 Å². The van der Waals surface area contributed by atoms with E-state index >= 15 is 0 Å². The van der Waals surface area contributed by atoms with E-state index in [1.807, 2.05) is 18.2 Å². The summed E-state index contributed by atoms with van der Waals surface area (Å²) in [5.74, 6) is 0.601. The first-order chi connectivity index (χ1) is 9.66. The van der Waals surface area contributed by atoms with Crippen molar-refractivity contribution >= 4 is 34.9 Å². The first kappa shape index (κ1) is 14.8. The van der Waals surface area contributed by atoms with Crippen molar-refractivity contribution in [2.45, 2.75) is 12.8 Å². The maximum Gasteiger partial charge on any atom is 0.230 e. The van der Waals surface area contributed by atoms with Crippen LogP contribution in [0.1, 0.15) is 12.8 Å². The highest BCUT2D eigenvalue weighted by Gasteiger charge is 2.10. The lowest BCUT2D eigenvalue weighted by molar-refractivity contribution is -0.127. The molecule has 2 heterocycles. The fraction of sp³-hybridized carbons (Fsp3) is 0.308. The molecule has 1 aromatic rings. The lowest BCUT2D eigenvalue weighted by atomic mass is 10.3. The van der Waals surface area contributed by atoms with Crippen molar-refractivity contribution in [1.82, 2.24) is 14.9 Å². The van der Waals surface area contributed by atoms with Gasteiger partial charge >= 0.3 is 0 Å². The van der Waals surface area contributed by atoms with Crippen molar-refractivity contribution in [1.29, 1.82) is 0 Å². The first-order valence-electron chi connectivity index (χ1n) is 6.21. The van der Waals surface area contributed by atoms with E-state index < -0.39 is 0 Å². The molecule has 0 saturated carbocycles. The zero-order valence-electron chi connectivity index (χ0n) is 10.7. The summed E-state index contributed by atoms with van der Waals surface area (Å²) in [6.07, 6.45) is 10.0. The molecule has 0 aliphatic carbocycles. The van der Waals surface area contributed by atoms with Gasteiger partial charge in [-0.15, -0.1) is 0 Å². The Labute approximate surface area is 127 Å².